The van der Waals surface area contributed by atoms with E-state index in [4.69, 9.17) is 14.5 Å². The standard InChI is InChI=1S/C17H19N3O3/c1-11(8-18)9-19-17(21)14-6-4-5-7-16(14)22-10-15-12(2)20-23-13(15)3/h4-7,11H,9-10H2,1-3H3,(H,19,21)/t11-/m1/s1. The van der Waals surface area contributed by atoms with Gasteiger partial charge >= 0.3 is 0 Å². The van der Waals surface area contributed by atoms with Crippen LogP contribution < -0.4 is 10.1 Å². The second kappa shape index (κ2) is 7.45. The van der Waals surface area contributed by atoms with Crippen LogP contribution in [0.15, 0.2) is 28.8 Å². The largest absolute Gasteiger partial charge is 0.488 e. The van der Waals surface area contributed by atoms with Gasteiger partial charge in [-0.25, -0.2) is 0 Å². The average Bonchev–Trinajstić information content (AvgIpc) is 2.89. The number of hydrogen-bond acceptors (Lipinski definition) is 5. The maximum Gasteiger partial charge on any atom is 0.255 e. The van der Waals surface area contributed by atoms with Crippen LogP contribution in [0, 0.1) is 31.1 Å². The number of para-hydroxylation sites is 1. The molecule has 0 fully saturated rings. The van der Waals surface area contributed by atoms with Crippen molar-refractivity contribution in [3.8, 4) is 11.8 Å². The number of benzene rings is 1. The predicted octanol–water partition coefficient (Wildman–Crippen LogP) is 2.76. The molecule has 1 atom stereocenters. The highest BCUT2D eigenvalue weighted by atomic mass is 16.5. The van der Waals surface area contributed by atoms with E-state index in [-0.39, 0.29) is 18.4 Å². The highest BCUT2D eigenvalue weighted by Gasteiger charge is 2.15. The third-order valence-corrected chi connectivity index (χ3v) is 3.47. The minimum atomic E-state index is -0.263. The van der Waals surface area contributed by atoms with E-state index in [2.05, 4.69) is 16.5 Å². The van der Waals surface area contributed by atoms with Crippen molar-refractivity contribution in [1.82, 2.24) is 10.5 Å². The lowest BCUT2D eigenvalue weighted by Crippen LogP contribution is -2.28. The van der Waals surface area contributed by atoms with Crippen molar-refractivity contribution >= 4 is 5.91 Å². The Kier molecular flexibility index (Phi) is 5.36. The summed E-state index contributed by atoms with van der Waals surface area (Å²) in [5, 5.41) is 15.4. The molecule has 0 unspecified atom stereocenters. The van der Waals surface area contributed by atoms with Crippen LogP contribution in [0.2, 0.25) is 0 Å². The summed E-state index contributed by atoms with van der Waals surface area (Å²) < 4.78 is 10.9. The van der Waals surface area contributed by atoms with E-state index in [9.17, 15) is 4.79 Å². The Labute approximate surface area is 135 Å². The molecule has 0 saturated heterocycles. The number of nitriles is 1. The van der Waals surface area contributed by atoms with Crippen LogP contribution in [0.4, 0.5) is 0 Å². The summed E-state index contributed by atoms with van der Waals surface area (Å²) in [7, 11) is 0. The molecule has 1 aromatic heterocycles. The Balaban J connectivity index is 2.08. The van der Waals surface area contributed by atoms with Crippen LogP contribution >= 0.6 is 0 Å². The molecule has 120 valence electrons. The third-order valence-electron chi connectivity index (χ3n) is 3.47. The molecule has 1 N–H and O–H groups in total. The average molecular weight is 313 g/mol. The van der Waals surface area contributed by atoms with Crippen LogP contribution in [-0.2, 0) is 6.61 Å². The van der Waals surface area contributed by atoms with Gasteiger partial charge in [-0.2, -0.15) is 5.26 Å². The molecule has 6 heteroatoms. The van der Waals surface area contributed by atoms with E-state index in [0.29, 0.717) is 23.6 Å². The first kappa shape index (κ1) is 16.6. The fourth-order valence-electron chi connectivity index (χ4n) is 2.02. The summed E-state index contributed by atoms with van der Waals surface area (Å²) in [5.41, 5.74) is 2.08. The van der Waals surface area contributed by atoms with Gasteiger partial charge in [0.25, 0.3) is 5.91 Å². The molecular formula is C17H19N3O3. The first-order valence-corrected chi connectivity index (χ1v) is 7.34. The van der Waals surface area contributed by atoms with Crippen LogP contribution in [0.1, 0.15) is 34.3 Å². The fourth-order valence-corrected chi connectivity index (χ4v) is 2.02. The van der Waals surface area contributed by atoms with E-state index in [1.165, 1.54) is 0 Å². The second-order valence-electron chi connectivity index (χ2n) is 5.33. The first-order valence-electron chi connectivity index (χ1n) is 7.34. The first-order chi connectivity index (χ1) is 11.0. The van der Waals surface area contributed by atoms with E-state index in [0.717, 1.165) is 11.3 Å². The van der Waals surface area contributed by atoms with Crippen molar-refractivity contribution in [1.29, 1.82) is 5.26 Å². The maximum absolute atomic E-state index is 12.2. The molecule has 0 bridgehead atoms. The van der Waals surface area contributed by atoms with Gasteiger partial charge in [0.2, 0.25) is 0 Å². The van der Waals surface area contributed by atoms with Gasteiger partial charge in [0.1, 0.15) is 18.1 Å². The number of ether oxygens (including phenoxy) is 1. The Morgan fingerprint density at radius 2 is 2.17 bits per heavy atom. The van der Waals surface area contributed by atoms with Crippen molar-refractivity contribution in [3.63, 3.8) is 0 Å². The van der Waals surface area contributed by atoms with Crippen LogP contribution in [0.25, 0.3) is 0 Å². The summed E-state index contributed by atoms with van der Waals surface area (Å²) in [6.45, 7) is 5.99. The molecule has 2 aromatic rings. The monoisotopic (exact) mass is 313 g/mol. The normalized spacial score (nSPS) is 11.6. The molecule has 1 aromatic carbocycles. The molecule has 0 aliphatic heterocycles. The molecular weight excluding hydrogens is 294 g/mol. The Hall–Kier alpha value is -2.81. The van der Waals surface area contributed by atoms with Gasteiger partial charge in [0.05, 0.1) is 28.8 Å². The Morgan fingerprint density at radius 3 is 2.83 bits per heavy atom. The van der Waals surface area contributed by atoms with E-state index in [1.807, 2.05) is 13.8 Å². The molecule has 0 aliphatic carbocycles. The number of hydrogen-bond donors (Lipinski definition) is 1. The molecule has 23 heavy (non-hydrogen) atoms. The highest BCUT2D eigenvalue weighted by Crippen LogP contribution is 2.21. The summed E-state index contributed by atoms with van der Waals surface area (Å²) >= 11 is 0. The number of aromatic nitrogens is 1. The summed E-state index contributed by atoms with van der Waals surface area (Å²) in [4.78, 5) is 12.2. The van der Waals surface area contributed by atoms with Crippen molar-refractivity contribution in [2.24, 2.45) is 5.92 Å². The number of nitrogens with zero attached hydrogens (tertiary/aromatic N) is 2. The maximum atomic E-state index is 12.2. The number of carbonyl (C=O) groups excluding carboxylic acids is 1. The topological polar surface area (TPSA) is 88.2 Å². The van der Waals surface area contributed by atoms with Crippen molar-refractivity contribution < 1.29 is 14.1 Å². The van der Waals surface area contributed by atoms with Crippen molar-refractivity contribution in [3.05, 3.63) is 46.8 Å². The lowest BCUT2D eigenvalue weighted by molar-refractivity contribution is 0.0946. The lowest BCUT2D eigenvalue weighted by Gasteiger charge is -2.12. The SMILES string of the molecule is Cc1noc(C)c1COc1ccccc1C(=O)NC[C@H](C)C#N. The predicted molar refractivity (Wildman–Crippen MR) is 83.9 cm³/mol. The van der Waals surface area contributed by atoms with E-state index >= 15 is 0 Å². The smallest absolute Gasteiger partial charge is 0.255 e. The number of aryl methyl sites for hydroxylation is 2. The molecule has 0 aliphatic rings. The summed E-state index contributed by atoms with van der Waals surface area (Å²) in [6.07, 6.45) is 0. The molecule has 0 saturated carbocycles. The number of carbonyl (C=O) groups is 1. The van der Waals surface area contributed by atoms with Gasteiger partial charge in [0, 0.05) is 6.54 Å². The molecule has 6 nitrogen and oxygen atoms in total. The van der Waals surface area contributed by atoms with Crippen LogP contribution in [0.3, 0.4) is 0 Å². The van der Waals surface area contributed by atoms with Gasteiger partial charge in [-0.1, -0.05) is 17.3 Å². The molecule has 0 radical (unpaired) electrons. The summed E-state index contributed by atoms with van der Waals surface area (Å²) in [5.74, 6) is 0.678. The fraction of sp³-hybridized carbons (Fsp3) is 0.353. The van der Waals surface area contributed by atoms with Gasteiger partial charge in [-0.05, 0) is 32.9 Å². The van der Waals surface area contributed by atoms with Crippen LogP contribution in [0.5, 0.6) is 5.75 Å². The quantitative estimate of drug-likeness (QED) is 0.886. The van der Waals surface area contributed by atoms with Crippen molar-refractivity contribution in [2.45, 2.75) is 27.4 Å². The van der Waals surface area contributed by atoms with Gasteiger partial charge in [-0.3, -0.25) is 4.79 Å². The molecule has 1 heterocycles. The highest BCUT2D eigenvalue weighted by molar-refractivity contribution is 5.96. The molecule has 0 spiro atoms. The molecule has 1 amide bonds. The van der Waals surface area contributed by atoms with Gasteiger partial charge in [0.15, 0.2) is 0 Å². The zero-order valence-corrected chi connectivity index (χ0v) is 13.4. The third kappa shape index (κ3) is 4.10. The minimum Gasteiger partial charge on any atom is -0.488 e. The van der Waals surface area contributed by atoms with Gasteiger partial charge < -0.3 is 14.6 Å². The van der Waals surface area contributed by atoms with Crippen LogP contribution in [-0.4, -0.2) is 17.6 Å². The molecule has 2 rings (SSSR count). The number of rotatable bonds is 6. The Bertz CT molecular complexity index is 711. The van der Waals surface area contributed by atoms with Gasteiger partial charge in [-0.15, -0.1) is 0 Å². The van der Waals surface area contributed by atoms with Crippen molar-refractivity contribution in [2.75, 3.05) is 6.54 Å². The lowest BCUT2D eigenvalue weighted by atomic mass is 10.1. The summed E-state index contributed by atoms with van der Waals surface area (Å²) in [6, 6.07) is 9.08. The zero-order chi connectivity index (χ0) is 16.8. The Morgan fingerprint density at radius 1 is 1.43 bits per heavy atom. The minimum absolute atomic E-state index is 0.241. The second-order valence-corrected chi connectivity index (χ2v) is 5.33. The number of nitrogens with one attached hydrogen (secondary N) is 1. The van der Waals surface area contributed by atoms with E-state index < -0.39 is 0 Å². The van der Waals surface area contributed by atoms with E-state index in [1.54, 1.807) is 31.2 Å². The number of amides is 1. The zero-order valence-electron chi connectivity index (χ0n) is 13.4.